The van der Waals surface area contributed by atoms with Crippen molar-refractivity contribution in [3.05, 3.63) is 53.5 Å². The first kappa shape index (κ1) is 17.4. The zero-order valence-electron chi connectivity index (χ0n) is 15.0. The number of amides is 1. The molecule has 1 saturated heterocycles. The van der Waals surface area contributed by atoms with Crippen LogP contribution in [0.4, 0.5) is 5.82 Å². The van der Waals surface area contributed by atoms with Crippen LogP contribution in [0, 0.1) is 12.8 Å². The van der Waals surface area contributed by atoms with Gasteiger partial charge in [-0.1, -0.05) is 24.3 Å². The summed E-state index contributed by atoms with van der Waals surface area (Å²) in [6, 6.07) is 8.13. The van der Waals surface area contributed by atoms with Crippen molar-refractivity contribution in [3.63, 3.8) is 0 Å². The third-order valence-electron chi connectivity index (χ3n) is 4.97. The second-order valence-electron chi connectivity index (χ2n) is 6.76. The van der Waals surface area contributed by atoms with Crippen molar-refractivity contribution in [2.75, 3.05) is 25.5 Å². The molecule has 0 aliphatic carbocycles. The van der Waals surface area contributed by atoms with Gasteiger partial charge in [-0.05, 0) is 43.2 Å². The lowest BCUT2D eigenvalue weighted by atomic mass is 9.92. The zero-order valence-corrected chi connectivity index (χ0v) is 15.0. The highest BCUT2D eigenvalue weighted by Gasteiger charge is 2.25. The molecule has 1 N–H and O–H groups in total. The summed E-state index contributed by atoms with van der Waals surface area (Å²) in [5, 5.41) is 3.10. The van der Waals surface area contributed by atoms with Crippen LogP contribution in [0.1, 0.15) is 29.7 Å². The maximum absolute atomic E-state index is 12.7. The van der Waals surface area contributed by atoms with Crippen molar-refractivity contribution in [3.8, 4) is 0 Å². The Balaban J connectivity index is 1.63. The number of hydrogen-bond acceptors (Lipinski definition) is 4. The fraction of sp³-hybridized carbons (Fsp3) is 0.450. The molecule has 0 saturated carbocycles. The van der Waals surface area contributed by atoms with Crippen LogP contribution in [-0.4, -0.2) is 40.9 Å². The maximum atomic E-state index is 12.7. The summed E-state index contributed by atoms with van der Waals surface area (Å²) in [5.41, 5.74) is 3.30. The second kappa shape index (κ2) is 8.10. The molecule has 2 aromatic rings. The van der Waals surface area contributed by atoms with E-state index in [0.29, 0.717) is 12.3 Å². The summed E-state index contributed by atoms with van der Waals surface area (Å²) in [5.74, 6) is 1.51. The number of aryl methyl sites for hydroxylation is 1. The number of benzene rings is 1. The molecule has 1 aromatic carbocycles. The minimum absolute atomic E-state index is 0.229. The molecule has 1 aliphatic heterocycles. The highest BCUT2D eigenvalue weighted by atomic mass is 16.2. The molecular weight excluding hydrogens is 312 g/mol. The Morgan fingerprint density at radius 2 is 2.08 bits per heavy atom. The quantitative estimate of drug-likeness (QED) is 0.911. The lowest BCUT2D eigenvalue weighted by molar-refractivity contribution is -0.132. The van der Waals surface area contributed by atoms with Crippen molar-refractivity contribution in [2.45, 2.75) is 32.6 Å². The molecule has 0 bridgehead atoms. The number of carbonyl (C=O) groups excluding carboxylic acids is 1. The van der Waals surface area contributed by atoms with Gasteiger partial charge in [-0.2, -0.15) is 0 Å². The predicted octanol–water partition coefficient (Wildman–Crippen LogP) is 2.85. The molecule has 2 heterocycles. The number of anilines is 1. The van der Waals surface area contributed by atoms with Gasteiger partial charge in [-0.25, -0.2) is 4.98 Å². The molecule has 1 atom stereocenters. The van der Waals surface area contributed by atoms with Crippen molar-refractivity contribution < 1.29 is 4.79 Å². The standard InChI is InChI=1S/C20H26N4O/c1-15-6-3-4-8-17(15)13-19(25)24-11-5-7-16(14-24)12-18-20(21-2)23-10-9-22-18/h3-4,6,8-10,16H,5,7,11-14H2,1-2H3,(H,21,23)/t16-/m1/s1. The summed E-state index contributed by atoms with van der Waals surface area (Å²) < 4.78 is 0. The fourth-order valence-electron chi connectivity index (χ4n) is 3.54. The molecule has 3 rings (SSSR count). The van der Waals surface area contributed by atoms with Gasteiger partial charge in [0.15, 0.2) is 0 Å². The predicted molar refractivity (Wildman–Crippen MR) is 99.5 cm³/mol. The van der Waals surface area contributed by atoms with E-state index in [1.54, 1.807) is 12.4 Å². The number of rotatable bonds is 5. The summed E-state index contributed by atoms with van der Waals surface area (Å²) in [6.07, 6.45) is 6.98. The van der Waals surface area contributed by atoms with Crippen molar-refractivity contribution in [2.24, 2.45) is 5.92 Å². The molecule has 5 heteroatoms. The van der Waals surface area contributed by atoms with Gasteiger partial charge in [-0.3, -0.25) is 9.78 Å². The molecule has 1 aliphatic rings. The van der Waals surface area contributed by atoms with E-state index in [9.17, 15) is 4.79 Å². The minimum Gasteiger partial charge on any atom is -0.372 e. The van der Waals surface area contributed by atoms with Crippen molar-refractivity contribution in [1.29, 1.82) is 0 Å². The highest BCUT2D eigenvalue weighted by molar-refractivity contribution is 5.79. The Morgan fingerprint density at radius 1 is 1.28 bits per heavy atom. The monoisotopic (exact) mass is 338 g/mol. The van der Waals surface area contributed by atoms with Gasteiger partial charge < -0.3 is 10.2 Å². The molecule has 0 radical (unpaired) electrons. The molecule has 1 amide bonds. The van der Waals surface area contributed by atoms with Crippen LogP contribution in [0.3, 0.4) is 0 Å². The molecule has 1 aromatic heterocycles. The first-order valence-electron chi connectivity index (χ1n) is 8.97. The Morgan fingerprint density at radius 3 is 2.88 bits per heavy atom. The topological polar surface area (TPSA) is 58.1 Å². The molecular formula is C20H26N4O. The van der Waals surface area contributed by atoms with Crippen LogP contribution in [0.25, 0.3) is 0 Å². The highest BCUT2D eigenvalue weighted by Crippen LogP contribution is 2.23. The minimum atomic E-state index is 0.229. The molecule has 132 valence electrons. The van der Waals surface area contributed by atoms with Gasteiger partial charge in [0, 0.05) is 32.5 Å². The van der Waals surface area contributed by atoms with E-state index in [2.05, 4.69) is 28.3 Å². The normalized spacial score (nSPS) is 17.4. The van der Waals surface area contributed by atoms with Crippen LogP contribution < -0.4 is 5.32 Å². The fourth-order valence-corrected chi connectivity index (χ4v) is 3.54. The van der Waals surface area contributed by atoms with Crippen LogP contribution in [0.2, 0.25) is 0 Å². The maximum Gasteiger partial charge on any atom is 0.227 e. The van der Waals surface area contributed by atoms with E-state index in [-0.39, 0.29) is 5.91 Å². The molecule has 25 heavy (non-hydrogen) atoms. The summed E-state index contributed by atoms with van der Waals surface area (Å²) in [7, 11) is 1.87. The Labute approximate surface area is 149 Å². The summed E-state index contributed by atoms with van der Waals surface area (Å²) >= 11 is 0. The number of nitrogens with zero attached hydrogens (tertiary/aromatic N) is 3. The van der Waals surface area contributed by atoms with Crippen LogP contribution >= 0.6 is 0 Å². The lowest BCUT2D eigenvalue weighted by Crippen LogP contribution is -2.41. The molecule has 5 nitrogen and oxygen atoms in total. The van der Waals surface area contributed by atoms with Gasteiger partial charge >= 0.3 is 0 Å². The largest absolute Gasteiger partial charge is 0.372 e. The number of piperidine rings is 1. The number of likely N-dealkylation sites (tertiary alicyclic amines) is 1. The molecule has 1 fully saturated rings. The lowest BCUT2D eigenvalue weighted by Gasteiger charge is -2.33. The zero-order chi connectivity index (χ0) is 17.6. The molecule has 0 unspecified atom stereocenters. The van der Waals surface area contributed by atoms with E-state index in [1.807, 2.05) is 30.1 Å². The van der Waals surface area contributed by atoms with E-state index in [0.717, 1.165) is 49.4 Å². The van der Waals surface area contributed by atoms with E-state index >= 15 is 0 Å². The van der Waals surface area contributed by atoms with Gasteiger partial charge in [-0.15, -0.1) is 0 Å². The average Bonchev–Trinajstić information content (AvgIpc) is 2.64. The van der Waals surface area contributed by atoms with Crippen molar-refractivity contribution in [1.82, 2.24) is 14.9 Å². The van der Waals surface area contributed by atoms with E-state index < -0.39 is 0 Å². The average molecular weight is 338 g/mol. The van der Waals surface area contributed by atoms with Crippen LogP contribution in [0.5, 0.6) is 0 Å². The van der Waals surface area contributed by atoms with Gasteiger partial charge in [0.2, 0.25) is 5.91 Å². The second-order valence-corrected chi connectivity index (χ2v) is 6.76. The number of aromatic nitrogens is 2. The van der Waals surface area contributed by atoms with Gasteiger partial charge in [0.05, 0.1) is 12.1 Å². The smallest absolute Gasteiger partial charge is 0.227 e. The van der Waals surface area contributed by atoms with Gasteiger partial charge in [0.25, 0.3) is 0 Å². The first-order valence-corrected chi connectivity index (χ1v) is 8.97. The summed E-state index contributed by atoms with van der Waals surface area (Å²) in [4.78, 5) is 23.5. The number of hydrogen-bond donors (Lipinski definition) is 1. The van der Waals surface area contributed by atoms with E-state index in [1.165, 1.54) is 5.56 Å². The Bertz CT molecular complexity index is 731. The number of nitrogens with one attached hydrogen (secondary N) is 1. The van der Waals surface area contributed by atoms with Gasteiger partial charge in [0.1, 0.15) is 5.82 Å². The van der Waals surface area contributed by atoms with Crippen LogP contribution in [-0.2, 0) is 17.6 Å². The van der Waals surface area contributed by atoms with Crippen molar-refractivity contribution >= 4 is 11.7 Å². The molecule has 0 spiro atoms. The van der Waals surface area contributed by atoms with Crippen LogP contribution in [0.15, 0.2) is 36.7 Å². The third-order valence-corrected chi connectivity index (χ3v) is 4.97. The summed E-state index contributed by atoms with van der Waals surface area (Å²) in [6.45, 7) is 3.74. The third kappa shape index (κ3) is 4.35. The Kier molecular flexibility index (Phi) is 5.64. The van der Waals surface area contributed by atoms with E-state index in [4.69, 9.17) is 0 Å². The number of carbonyl (C=O) groups is 1. The Hall–Kier alpha value is -2.43. The first-order chi connectivity index (χ1) is 12.2. The SMILES string of the molecule is CNc1nccnc1C[C@H]1CCCN(C(=O)Cc2ccccc2C)C1.